The number of carbonyl (C=O) groups excluding carboxylic acids is 2. The van der Waals surface area contributed by atoms with Gasteiger partial charge in [-0.05, 0) is 30.7 Å². The summed E-state index contributed by atoms with van der Waals surface area (Å²) in [6.07, 6.45) is 1.53. The van der Waals surface area contributed by atoms with Crippen LogP contribution in [0.25, 0.3) is 0 Å². The Bertz CT molecular complexity index is 757. The molecule has 0 spiro atoms. The van der Waals surface area contributed by atoms with Crippen LogP contribution in [0.4, 0.5) is 0 Å². The van der Waals surface area contributed by atoms with Crippen molar-refractivity contribution in [2.75, 3.05) is 0 Å². The highest BCUT2D eigenvalue weighted by Crippen LogP contribution is 2.16. The molecule has 0 aliphatic carbocycles. The van der Waals surface area contributed by atoms with E-state index in [0.29, 0.717) is 4.47 Å². The van der Waals surface area contributed by atoms with Crippen molar-refractivity contribution < 1.29 is 9.59 Å². The van der Waals surface area contributed by atoms with Crippen molar-refractivity contribution in [1.82, 2.24) is 5.43 Å². The number of rotatable bonds is 4. The highest BCUT2D eigenvalue weighted by molar-refractivity contribution is 9.10. The van der Waals surface area contributed by atoms with Gasteiger partial charge in [0.1, 0.15) is 0 Å². The maximum Gasteiger partial charge on any atom is 0.272 e. The van der Waals surface area contributed by atoms with Gasteiger partial charge in [-0.1, -0.05) is 45.8 Å². The van der Waals surface area contributed by atoms with Crippen LogP contribution in [-0.4, -0.2) is 18.0 Å². The molecular weight excluding hydrogens is 346 g/mol. The van der Waals surface area contributed by atoms with E-state index < -0.39 is 11.8 Å². The van der Waals surface area contributed by atoms with Gasteiger partial charge in [-0.15, -0.1) is 0 Å². The van der Waals surface area contributed by atoms with Gasteiger partial charge in [0.2, 0.25) is 5.91 Å². The third-order valence-corrected chi connectivity index (χ3v) is 3.41. The van der Waals surface area contributed by atoms with Crippen LogP contribution in [0, 0.1) is 6.92 Å². The number of aryl methyl sites for hydroxylation is 1. The number of hydrazone groups is 1. The second-order valence-electron chi connectivity index (χ2n) is 4.67. The molecule has 0 unspecified atom stereocenters. The third kappa shape index (κ3) is 4.02. The van der Waals surface area contributed by atoms with Gasteiger partial charge < -0.3 is 5.73 Å². The summed E-state index contributed by atoms with van der Waals surface area (Å²) in [5.74, 6) is -1.17. The van der Waals surface area contributed by atoms with E-state index in [1.165, 1.54) is 18.3 Å². The predicted octanol–water partition coefficient (Wildman–Crippen LogP) is 2.62. The number of nitrogens with zero attached hydrogens (tertiary/aromatic N) is 1. The normalized spacial score (nSPS) is 10.6. The van der Waals surface area contributed by atoms with Crippen LogP contribution in [-0.2, 0) is 0 Å². The SMILES string of the molecule is Cc1cccc(C=NNC(=O)c2cc(Br)ccc2C(N)=O)c1. The van der Waals surface area contributed by atoms with Gasteiger partial charge in [0.05, 0.1) is 17.3 Å². The summed E-state index contributed by atoms with van der Waals surface area (Å²) in [5.41, 5.74) is 9.93. The monoisotopic (exact) mass is 359 g/mol. The van der Waals surface area contributed by atoms with Crippen molar-refractivity contribution in [2.45, 2.75) is 6.92 Å². The minimum atomic E-state index is -0.666. The predicted molar refractivity (Wildman–Crippen MR) is 88.9 cm³/mol. The maximum atomic E-state index is 12.1. The number of benzene rings is 2. The molecule has 2 amide bonds. The standard InChI is InChI=1S/C16H14BrN3O2/c1-10-3-2-4-11(7-10)9-19-20-16(22)14-8-12(17)5-6-13(14)15(18)21/h2-9H,1H3,(H2,18,21)(H,20,22). The van der Waals surface area contributed by atoms with Crippen LogP contribution in [0.5, 0.6) is 0 Å². The molecule has 0 aliphatic rings. The summed E-state index contributed by atoms with van der Waals surface area (Å²) in [7, 11) is 0. The fourth-order valence-electron chi connectivity index (χ4n) is 1.90. The molecule has 0 fully saturated rings. The molecule has 0 heterocycles. The zero-order chi connectivity index (χ0) is 16.1. The van der Waals surface area contributed by atoms with Gasteiger partial charge in [0.25, 0.3) is 5.91 Å². The molecule has 5 nitrogen and oxygen atoms in total. The fraction of sp³-hybridized carbons (Fsp3) is 0.0625. The lowest BCUT2D eigenvalue weighted by atomic mass is 10.1. The molecular formula is C16H14BrN3O2. The van der Waals surface area contributed by atoms with Crippen LogP contribution >= 0.6 is 15.9 Å². The van der Waals surface area contributed by atoms with Gasteiger partial charge in [0, 0.05) is 4.47 Å². The van der Waals surface area contributed by atoms with E-state index in [2.05, 4.69) is 26.5 Å². The van der Waals surface area contributed by atoms with Crippen molar-refractivity contribution in [3.8, 4) is 0 Å². The van der Waals surface area contributed by atoms with Gasteiger partial charge in [-0.25, -0.2) is 5.43 Å². The quantitative estimate of drug-likeness (QED) is 0.649. The zero-order valence-corrected chi connectivity index (χ0v) is 13.4. The van der Waals surface area contributed by atoms with Crippen molar-refractivity contribution in [1.29, 1.82) is 0 Å². The molecule has 0 aromatic heterocycles. The Kier molecular flexibility index (Phi) is 5.06. The van der Waals surface area contributed by atoms with E-state index in [1.807, 2.05) is 31.2 Å². The molecule has 3 N–H and O–H groups in total. The van der Waals surface area contributed by atoms with Crippen LogP contribution in [0.2, 0.25) is 0 Å². The van der Waals surface area contributed by atoms with Gasteiger partial charge >= 0.3 is 0 Å². The fourth-order valence-corrected chi connectivity index (χ4v) is 2.26. The minimum absolute atomic E-state index is 0.145. The zero-order valence-electron chi connectivity index (χ0n) is 11.8. The first-order valence-electron chi connectivity index (χ1n) is 6.47. The number of hydrogen-bond donors (Lipinski definition) is 2. The van der Waals surface area contributed by atoms with Crippen molar-refractivity contribution in [2.24, 2.45) is 10.8 Å². The number of amides is 2. The molecule has 112 valence electrons. The van der Waals surface area contributed by atoms with E-state index in [0.717, 1.165) is 11.1 Å². The molecule has 6 heteroatoms. The lowest BCUT2D eigenvalue weighted by Gasteiger charge is -2.05. The molecule has 0 radical (unpaired) electrons. The Morgan fingerprint density at radius 1 is 1.18 bits per heavy atom. The summed E-state index contributed by atoms with van der Waals surface area (Å²) in [5, 5.41) is 3.90. The summed E-state index contributed by atoms with van der Waals surface area (Å²) in [4.78, 5) is 23.5. The Morgan fingerprint density at radius 2 is 1.95 bits per heavy atom. The van der Waals surface area contributed by atoms with E-state index in [-0.39, 0.29) is 11.1 Å². The number of halogens is 1. The van der Waals surface area contributed by atoms with E-state index in [4.69, 9.17) is 5.73 Å². The highest BCUT2D eigenvalue weighted by atomic mass is 79.9. The molecule has 22 heavy (non-hydrogen) atoms. The molecule has 0 saturated carbocycles. The lowest BCUT2D eigenvalue weighted by Crippen LogP contribution is -2.23. The molecule has 0 atom stereocenters. The summed E-state index contributed by atoms with van der Waals surface area (Å²) in [6.45, 7) is 1.97. The molecule has 0 aliphatic heterocycles. The maximum absolute atomic E-state index is 12.1. The Labute approximate surface area is 136 Å². The minimum Gasteiger partial charge on any atom is -0.366 e. The van der Waals surface area contributed by atoms with Gasteiger partial charge in [0.15, 0.2) is 0 Å². The molecule has 2 aromatic rings. The van der Waals surface area contributed by atoms with Crippen LogP contribution in [0.3, 0.4) is 0 Å². The second kappa shape index (κ2) is 7.00. The van der Waals surface area contributed by atoms with E-state index >= 15 is 0 Å². The van der Waals surface area contributed by atoms with Gasteiger partial charge in [-0.3, -0.25) is 9.59 Å². The molecule has 2 rings (SSSR count). The van der Waals surface area contributed by atoms with Crippen LogP contribution in [0.15, 0.2) is 52.0 Å². The van der Waals surface area contributed by atoms with Crippen molar-refractivity contribution in [3.63, 3.8) is 0 Å². The highest BCUT2D eigenvalue weighted by Gasteiger charge is 2.15. The summed E-state index contributed by atoms with van der Waals surface area (Å²) < 4.78 is 0.672. The smallest absolute Gasteiger partial charge is 0.272 e. The Balaban J connectivity index is 2.16. The van der Waals surface area contributed by atoms with Crippen LogP contribution < -0.4 is 11.2 Å². The lowest BCUT2D eigenvalue weighted by molar-refractivity contribution is 0.0937. The number of hydrogen-bond acceptors (Lipinski definition) is 3. The average molecular weight is 360 g/mol. The van der Waals surface area contributed by atoms with E-state index in [9.17, 15) is 9.59 Å². The Morgan fingerprint density at radius 3 is 2.64 bits per heavy atom. The van der Waals surface area contributed by atoms with Crippen LogP contribution in [0.1, 0.15) is 31.8 Å². The first-order chi connectivity index (χ1) is 10.5. The first kappa shape index (κ1) is 15.9. The number of nitrogens with one attached hydrogen (secondary N) is 1. The van der Waals surface area contributed by atoms with Crippen molar-refractivity contribution >= 4 is 34.0 Å². The number of nitrogens with two attached hydrogens (primary N) is 1. The Hall–Kier alpha value is -2.47. The topological polar surface area (TPSA) is 84.6 Å². The molecule has 0 saturated heterocycles. The van der Waals surface area contributed by atoms with E-state index in [1.54, 1.807) is 6.07 Å². The molecule has 2 aromatic carbocycles. The van der Waals surface area contributed by atoms with Crippen molar-refractivity contribution in [3.05, 3.63) is 69.2 Å². The summed E-state index contributed by atoms with van der Waals surface area (Å²) in [6, 6.07) is 12.3. The van der Waals surface area contributed by atoms with Gasteiger partial charge in [-0.2, -0.15) is 5.10 Å². The second-order valence-corrected chi connectivity index (χ2v) is 5.58. The largest absolute Gasteiger partial charge is 0.366 e. The first-order valence-corrected chi connectivity index (χ1v) is 7.26. The summed E-state index contributed by atoms with van der Waals surface area (Å²) >= 11 is 3.26. The third-order valence-electron chi connectivity index (χ3n) is 2.91. The number of primary amides is 1. The average Bonchev–Trinajstić information content (AvgIpc) is 2.46. The molecule has 0 bridgehead atoms. The number of carbonyl (C=O) groups is 2.